The fourth-order valence-corrected chi connectivity index (χ4v) is 3.47. The molecule has 2 aliphatic heterocycles. The van der Waals surface area contributed by atoms with Crippen molar-refractivity contribution in [2.24, 2.45) is 5.92 Å². The number of hydrogen-bond donors (Lipinski definition) is 1. The molecule has 3 heterocycles. The summed E-state index contributed by atoms with van der Waals surface area (Å²) >= 11 is 3.49. The molecule has 16 heavy (non-hydrogen) atoms. The lowest BCUT2D eigenvalue weighted by atomic mass is 9.83. The summed E-state index contributed by atoms with van der Waals surface area (Å²) in [6.07, 6.45) is 4.75. The van der Waals surface area contributed by atoms with Crippen LogP contribution >= 0.6 is 15.9 Å². The molecule has 0 bridgehead atoms. The monoisotopic (exact) mass is 284 g/mol. The van der Waals surface area contributed by atoms with Crippen molar-refractivity contribution in [1.82, 2.24) is 9.88 Å². The molecule has 0 amide bonds. The van der Waals surface area contributed by atoms with Gasteiger partial charge in [-0.25, -0.2) is 0 Å². The summed E-state index contributed by atoms with van der Waals surface area (Å²) in [5.41, 5.74) is 1.37. The molecule has 2 unspecified atom stereocenters. The molecule has 1 aromatic rings. The molecule has 0 spiro atoms. The van der Waals surface area contributed by atoms with Gasteiger partial charge in [0.15, 0.2) is 5.75 Å². The van der Waals surface area contributed by atoms with Gasteiger partial charge in [0.2, 0.25) is 0 Å². The first-order valence-electron chi connectivity index (χ1n) is 5.94. The second-order valence-electron chi connectivity index (χ2n) is 4.97. The Morgan fingerprint density at radius 2 is 2.44 bits per heavy atom. The minimum atomic E-state index is 0.584. The fraction of sp³-hybridized carbons (Fsp3) is 0.667. The highest BCUT2D eigenvalue weighted by molar-refractivity contribution is 9.10. The molecule has 1 saturated heterocycles. The highest BCUT2D eigenvalue weighted by atomic mass is 79.9. The lowest BCUT2D eigenvalue weighted by Crippen LogP contribution is -2.35. The number of rotatable bonds is 1. The second kappa shape index (κ2) is 4.08. The third-order valence-electron chi connectivity index (χ3n) is 3.85. The number of fused-ring (bicyclic) bond motifs is 1. The van der Waals surface area contributed by atoms with E-state index in [4.69, 9.17) is 4.74 Å². The van der Waals surface area contributed by atoms with Crippen LogP contribution < -0.4 is 4.74 Å². The van der Waals surface area contributed by atoms with Crippen LogP contribution in [0.3, 0.4) is 0 Å². The van der Waals surface area contributed by atoms with Gasteiger partial charge in [0.05, 0.1) is 6.61 Å². The minimum absolute atomic E-state index is 0.584. The third-order valence-corrected chi connectivity index (χ3v) is 4.44. The molecule has 0 radical (unpaired) electrons. The standard InChI is InChI=1S/C12H17BrN2O/c1-15-4-2-3-8(6-15)10-7-16-11-9(10)5-14-12(11)13/h5,8,10,14H,2-4,6-7H2,1H3. The van der Waals surface area contributed by atoms with Gasteiger partial charge in [0.25, 0.3) is 0 Å². The molecule has 4 heteroatoms. The van der Waals surface area contributed by atoms with Crippen LogP contribution in [0.4, 0.5) is 0 Å². The first kappa shape index (κ1) is 10.7. The molecule has 0 aromatic carbocycles. The maximum atomic E-state index is 5.77. The van der Waals surface area contributed by atoms with E-state index >= 15 is 0 Å². The average molecular weight is 285 g/mol. The van der Waals surface area contributed by atoms with Gasteiger partial charge in [0.1, 0.15) is 4.60 Å². The molecule has 1 fully saturated rings. The Hall–Kier alpha value is -0.480. The van der Waals surface area contributed by atoms with Crippen LogP contribution in [0, 0.1) is 5.92 Å². The molecule has 88 valence electrons. The molecule has 2 atom stereocenters. The Labute approximate surface area is 104 Å². The maximum Gasteiger partial charge on any atom is 0.155 e. The van der Waals surface area contributed by atoms with Crippen molar-refractivity contribution in [3.05, 3.63) is 16.4 Å². The van der Waals surface area contributed by atoms with Crippen molar-refractivity contribution in [2.75, 3.05) is 26.7 Å². The van der Waals surface area contributed by atoms with E-state index in [1.807, 2.05) is 0 Å². The SMILES string of the molecule is CN1CCCC(C2COc3c2c[nH]c3Br)C1. The number of hydrogen-bond acceptors (Lipinski definition) is 2. The Morgan fingerprint density at radius 1 is 1.56 bits per heavy atom. The number of aromatic amines is 1. The van der Waals surface area contributed by atoms with E-state index in [0.29, 0.717) is 5.92 Å². The highest BCUT2D eigenvalue weighted by Gasteiger charge is 2.35. The fourth-order valence-electron chi connectivity index (χ4n) is 3.01. The summed E-state index contributed by atoms with van der Waals surface area (Å²) in [5, 5.41) is 0. The average Bonchev–Trinajstić information content (AvgIpc) is 2.82. The Balaban J connectivity index is 1.81. The molecule has 3 rings (SSSR count). The predicted octanol–water partition coefficient (Wildman–Crippen LogP) is 2.60. The predicted molar refractivity (Wildman–Crippen MR) is 66.9 cm³/mol. The van der Waals surface area contributed by atoms with Crippen molar-refractivity contribution < 1.29 is 4.74 Å². The number of piperidine rings is 1. The quantitative estimate of drug-likeness (QED) is 0.859. The van der Waals surface area contributed by atoms with E-state index in [2.05, 4.69) is 39.1 Å². The number of ether oxygens (including phenoxy) is 1. The number of halogens is 1. The summed E-state index contributed by atoms with van der Waals surface area (Å²) in [7, 11) is 2.22. The summed E-state index contributed by atoms with van der Waals surface area (Å²) in [4.78, 5) is 5.64. The van der Waals surface area contributed by atoms with Crippen molar-refractivity contribution in [2.45, 2.75) is 18.8 Å². The number of aromatic nitrogens is 1. The molecule has 1 aromatic heterocycles. The van der Waals surface area contributed by atoms with Crippen LogP contribution in [-0.4, -0.2) is 36.6 Å². The molecule has 0 saturated carbocycles. The molecule has 0 aliphatic carbocycles. The molecule has 3 nitrogen and oxygen atoms in total. The van der Waals surface area contributed by atoms with E-state index in [9.17, 15) is 0 Å². The van der Waals surface area contributed by atoms with Crippen molar-refractivity contribution in [3.8, 4) is 5.75 Å². The van der Waals surface area contributed by atoms with Crippen LogP contribution in [0.25, 0.3) is 0 Å². The Kier molecular flexibility index (Phi) is 2.72. The number of nitrogens with zero attached hydrogens (tertiary/aromatic N) is 1. The van der Waals surface area contributed by atoms with Crippen molar-refractivity contribution >= 4 is 15.9 Å². The van der Waals surface area contributed by atoms with Crippen LogP contribution in [0.2, 0.25) is 0 Å². The summed E-state index contributed by atoms with van der Waals surface area (Å²) in [5.74, 6) is 2.38. The highest BCUT2D eigenvalue weighted by Crippen LogP contribution is 2.44. The van der Waals surface area contributed by atoms with E-state index in [-0.39, 0.29) is 0 Å². The van der Waals surface area contributed by atoms with Gasteiger partial charge in [-0.1, -0.05) is 0 Å². The Morgan fingerprint density at radius 3 is 3.25 bits per heavy atom. The van der Waals surface area contributed by atoms with Gasteiger partial charge < -0.3 is 14.6 Å². The third kappa shape index (κ3) is 1.68. The smallest absolute Gasteiger partial charge is 0.155 e. The van der Waals surface area contributed by atoms with Crippen molar-refractivity contribution in [1.29, 1.82) is 0 Å². The molecule has 1 N–H and O–H groups in total. The van der Waals surface area contributed by atoms with Gasteiger partial charge >= 0.3 is 0 Å². The van der Waals surface area contributed by atoms with E-state index in [1.165, 1.54) is 31.5 Å². The zero-order valence-corrected chi connectivity index (χ0v) is 11.1. The van der Waals surface area contributed by atoms with Gasteiger partial charge in [-0.05, 0) is 48.3 Å². The van der Waals surface area contributed by atoms with Crippen molar-refractivity contribution in [3.63, 3.8) is 0 Å². The second-order valence-corrected chi connectivity index (χ2v) is 5.76. The Bertz CT molecular complexity index is 390. The van der Waals surface area contributed by atoms with Gasteiger partial charge in [-0.3, -0.25) is 0 Å². The first-order valence-corrected chi connectivity index (χ1v) is 6.73. The summed E-state index contributed by atoms with van der Waals surface area (Å²) in [6, 6.07) is 0. The maximum absolute atomic E-state index is 5.77. The largest absolute Gasteiger partial charge is 0.490 e. The van der Waals surface area contributed by atoms with Crippen LogP contribution in [0.5, 0.6) is 5.75 Å². The first-order chi connectivity index (χ1) is 7.75. The lowest BCUT2D eigenvalue weighted by molar-refractivity contribution is 0.171. The van der Waals surface area contributed by atoms with E-state index < -0.39 is 0 Å². The van der Waals surface area contributed by atoms with Gasteiger partial charge in [-0.15, -0.1) is 0 Å². The molecular formula is C12H17BrN2O. The van der Waals surface area contributed by atoms with Crippen LogP contribution in [0.1, 0.15) is 24.3 Å². The zero-order chi connectivity index (χ0) is 11.1. The number of likely N-dealkylation sites (tertiary alicyclic amines) is 1. The lowest BCUT2D eigenvalue weighted by Gasteiger charge is -2.32. The molecular weight excluding hydrogens is 268 g/mol. The number of nitrogens with one attached hydrogen (secondary N) is 1. The van der Waals surface area contributed by atoms with E-state index in [0.717, 1.165) is 22.9 Å². The minimum Gasteiger partial charge on any atom is -0.490 e. The van der Waals surface area contributed by atoms with Crippen LogP contribution in [-0.2, 0) is 0 Å². The molecule has 2 aliphatic rings. The topological polar surface area (TPSA) is 28.3 Å². The normalized spacial score (nSPS) is 30.1. The zero-order valence-electron chi connectivity index (χ0n) is 9.50. The van der Waals surface area contributed by atoms with Gasteiger partial charge in [0, 0.05) is 24.2 Å². The summed E-state index contributed by atoms with van der Waals surface area (Å²) < 4.78 is 6.77. The van der Waals surface area contributed by atoms with Gasteiger partial charge in [-0.2, -0.15) is 0 Å². The number of H-pyrrole nitrogens is 1. The summed E-state index contributed by atoms with van der Waals surface area (Å²) in [6.45, 7) is 3.31. The van der Waals surface area contributed by atoms with E-state index in [1.54, 1.807) is 0 Å². The van der Waals surface area contributed by atoms with Crippen LogP contribution in [0.15, 0.2) is 10.8 Å².